The summed E-state index contributed by atoms with van der Waals surface area (Å²) in [6.45, 7) is 5.88. The third kappa shape index (κ3) is 3.74. The van der Waals surface area contributed by atoms with E-state index in [0.29, 0.717) is 6.54 Å². The summed E-state index contributed by atoms with van der Waals surface area (Å²) in [7, 11) is 3.56. The molecule has 0 aliphatic carbocycles. The van der Waals surface area contributed by atoms with Gasteiger partial charge < -0.3 is 25.7 Å². The molecule has 1 aromatic carbocycles. The number of nitrogens with one attached hydrogen (secondary N) is 2. The lowest BCUT2D eigenvalue weighted by atomic mass is 10.1. The molecule has 1 fully saturated rings. The van der Waals surface area contributed by atoms with Crippen LogP contribution >= 0.6 is 0 Å². The summed E-state index contributed by atoms with van der Waals surface area (Å²) < 4.78 is 7.82. The first-order valence-electron chi connectivity index (χ1n) is 9.57. The maximum Gasteiger partial charge on any atom is 0.222 e. The summed E-state index contributed by atoms with van der Waals surface area (Å²) >= 11 is 0. The number of piperazine rings is 1. The zero-order valence-electron chi connectivity index (χ0n) is 16.4. The Morgan fingerprint density at radius 2 is 2.00 bits per heavy atom. The summed E-state index contributed by atoms with van der Waals surface area (Å²) in [6, 6.07) is 8.45. The lowest BCUT2D eigenvalue weighted by Crippen LogP contribution is -2.42. The van der Waals surface area contributed by atoms with E-state index in [0.717, 1.165) is 60.9 Å². The minimum atomic E-state index is 0.268. The van der Waals surface area contributed by atoms with Crippen molar-refractivity contribution in [3.05, 3.63) is 41.6 Å². The second-order valence-electron chi connectivity index (χ2n) is 7.03. The van der Waals surface area contributed by atoms with Crippen molar-refractivity contribution in [3.8, 4) is 5.75 Å². The smallest absolute Gasteiger partial charge is 0.222 e. The fraction of sp³-hybridized carbons (Fsp3) is 0.400. The van der Waals surface area contributed by atoms with Crippen LogP contribution in [0, 0.1) is 0 Å². The Morgan fingerprint density at radius 3 is 2.75 bits per heavy atom. The van der Waals surface area contributed by atoms with E-state index in [9.17, 15) is 0 Å². The minimum Gasteiger partial charge on any atom is -0.496 e. The first kappa shape index (κ1) is 18.5. The quantitative estimate of drug-likeness (QED) is 0.596. The van der Waals surface area contributed by atoms with Crippen LogP contribution in [0.3, 0.4) is 0 Å². The van der Waals surface area contributed by atoms with E-state index in [4.69, 9.17) is 10.5 Å². The Balaban J connectivity index is 1.60. The van der Waals surface area contributed by atoms with Gasteiger partial charge in [-0.05, 0) is 17.7 Å². The molecular weight excluding hydrogens is 354 g/mol. The van der Waals surface area contributed by atoms with Crippen LogP contribution in [0.25, 0.3) is 11.0 Å². The molecule has 0 amide bonds. The molecule has 4 rings (SSSR count). The van der Waals surface area contributed by atoms with Gasteiger partial charge in [-0.1, -0.05) is 12.1 Å². The number of benzene rings is 1. The van der Waals surface area contributed by atoms with Crippen LogP contribution in [-0.4, -0.2) is 59.8 Å². The third-order valence-corrected chi connectivity index (χ3v) is 5.17. The van der Waals surface area contributed by atoms with Gasteiger partial charge in [0.25, 0.3) is 0 Å². The Bertz CT molecular complexity index is 963. The number of hydrogen-bond acceptors (Lipinski definition) is 7. The molecule has 1 aliphatic heterocycles. The Kier molecular flexibility index (Phi) is 5.31. The predicted molar refractivity (Wildman–Crippen MR) is 112 cm³/mol. The zero-order valence-corrected chi connectivity index (χ0v) is 16.4. The number of nitrogens with two attached hydrogens (primary N) is 1. The fourth-order valence-corrected chi connectivity index (χ4v) is 3.76. The molecule has 148 valence electrons. The molecule has 0 atom stereocenters. The summed E-state index contributed by atoms with van der Waals surface area (Å²) in [5.41, 5.74) is 9.94. The minimum absolute atomic E-state index is 0.268. The monoisotopic (exact) mass is 381 g/mol. The topological polar surface area (TPSA) is 93.3 Å². The van der Waals surface area contributed by atoms with E-state index >= 15 is 0 Å². The number of nitrogens with zero attached hydrogens (tertiary/aromatic N) is 4. The fourth-order valence-electron chi connectivity index (χ4n) is 3.76. The van der Waals surface area contributed by atoms with Gasteiger partial charge in [0.1, 0.15) is 11.3 Å². The molecule has 0 unspecified atom stereocenters. The number of ether oxygens (including phenoxy) is 1. The van der Waals surface area contributed by atoms with Gasteiger partial charge in [0.05, 0.1) is 19.2 Å². The second-order valence-corrected chi connectivity index (χ2v) is 7.03. The van der Waals surface area contributed by atoms with E-state index in [2.05, 4.69) is 48.3 Å². The van der Waals surface area contributed by atoms with Crippen LogP contribution in [0.1, 0.15) is 11.1 Å². The molecule has 3 aromatic rings. The van der Waals surface area contributed by atoms with Gasteiger partial charge in [0.2, 0.25) is 5.95 Å². The summed E-state index contributed by atoms with van der Waals surface area (Å²) in [4.78, 5) is 11.1. The van der Waals surface area contributed by atoms with Gasteiger partial charge in [0, 0.05) is 51.5 Å². The molecule has 1 aliphatic rings. The Hall–Kier alpha value is -2.84. The standard InChI is InChI=1S/C20H27N7O/c1-22-19-18-16(24-20(21)25-19)5-8-27(18)13-15-4-3-14(11-17(15)28-2)12-26-9-6-23-7-10-26/h3-5,8,11,23H,6-7,9-10,12-13H2,1-2H3,(H3,21,22,24,25). The maximum absolute atomic E-state index is 5.80. The van der Waals surface area contributed by atoms with E-state index in [1.54, 1.807) is 7.11 Å². The number of aromatic nitrogens is 3. The van der Waals surface area contributed by atoms with Crippen LogP contribution in [-0.2, 0) is 13.1 Å². The molecule has 0 radical (unpaired) electrons. The van der Waals surface area contributed by atoms with Crippen molar-refractivity contribution in [2.75, 3.05) is 51.4 Å². The van der Waals surface area contributed by atoms with Gasteiger partial charge >= 0.3 is 0 Å². The van der Waals surface area contributed by atoms with Crippen molar-refractivity contribution < 1.29 is 4.74 Å². The van der Waals surface area contributed by atoms with Crippen molar-refractivity contribution in [1.82, 2.24) is 24.8 Å². The highest BCUT2D eigenvalue weighted by Crippen LogP contribution is 2.27. The van der Waals surface area contributed by atoms with Crippen LogP contribution in [0.15, 0.2) is 30.5 Å². The van der Waals surface area contributed by atoms with E-state index < -0.39 is 0 Å². The normalized spacial score (nSPS) is 15.1. The summed E-state index contributed by atoms with van der Waals surface area (Å²) in [5.74, 6) is 1.89. The van der Waals surface area contributed by atoms with Gasteiger partial charge in [0.15, 0.2) is 5.82 Å². The predicted octanol–water partition coefficient (Wildman–Crippen LogP) is 1.52. The molecular formula is C20H27N7O. The molecule has 0 spiro atoms. The number of hydrogen-bond donors (Lipinski definition) is 3. The van der Waals surface area contributed by atoms with Crippen molar-refractivity contribution in [1.29, 1.82) is 0 Å². The van der Waals surface area contributed by atoms with Crippen LogP contribution in [0.5, 0.6) is 5.75 Å². The molecule has 28 heavy (non-hydrogen) atoms. The zero-order chi connectivity index (χ0) is 19.5. The first-order valence-corrected chi connectivity index (χ1v) is 9.57. The number of methoxy groups -OCH3 is 1. The largest absolute Gasteiger partial charge is 0.496 e. The summed E-state index contributed by atoms with van der Waals surface area (Å²) in [6.07, 6.45) is 2.01. The third-order valence-electron chi connectivity index (χ3n) is 5.17. The molecule has 4 N–H and O–H groups in total. The molecule has 2 aromatic heterocycles. The van der Waals surface area contributed by atoms with Crippen molar-refractivity contribution in [2.45, 2.75) is 13.1 Å². The van der Waals surface area contributed by atoms with Crippen LogP contribution in [0.2, 0.25) is 0 Å². The molecule has 1 saturated heterocycles. The number of rotatable bonds is 6. The molecule has 8 heteroatoms. The number of anilines is 2. The van der Waals surface area contributed by atoms with Gasteiger partial charge in [-0.2, -0.15) is 4.98 Å². The summed E-state index contributed by atoms with van der Waals surface area (Å²) in [5, 5.41) is 6.50. The van der Waals surface area contributed by atoms with E-state index in [-0.39, 0.29) is 5.95 Å². The van der Waals surface area contributed by atoms with Gasteiger partial charge in [-0.15, -0.1) is 0 Å². The first-order chi connectivity index (χ1) is 13.7. The average molecular weight is 381 g/mol. The maximum atomic E-state index is 5.80. The van der Waals surface area contributed by atoms with Gasteiger partial charge in [-0.25, -0.2) is 4.98 Å². The lowest BCUT2D eigenvalue weighted by molar-refractivity contribution is 0.233. The van der Waals surface area contributed by atoms with E-state index in [1.807, 2.05) is 19.3 Å². The van der Waals surface area contributed by atoms with E-state index in [1.165, 1.54) is 5.56 Å². The van der Waals surface area contributed by atoms with Gasteiger partial charge in [-0.3, -0.25) is 4.90 Å². The van der Waals surface area contributed by atoms with Crippen LogP contribution < -0.4 is 21.1 Å². The SMILES string of the molecule is CNc1nc(N)nc2ccn(Cc3ccc(CN4CCNCC4)cc3OC)c12. The highest BCUT2D eigenvalue weighted by atomic mass is 16.5. The Labute approximate surface area is 164 Å². The number of nitrogen functional groups attached to an aromatic ring is 1. The molecule has 0 bridgehead atoms. The number of fused-ring (bicyclic) bond motifs is 1. The highest BCUT2D eigenvalue weighted by molar-refractivity contribution is 5.87. The second kappa shape index (κ2) is 8.04. The highest BCUT2D eigenvalue weighted by Gasteiger charge is 2.14. The molecule has 8 nitrogen and oxygen atoms in total. The lowest BCUT2D eigenvalue weighted by Gasteiger charge is -2.27. The van der Waals surface area contributed by atoms with Crippen molar-refractivity contribution in [2.24, 2.45) is 0 Å². The van der Waals surface area contributed by atoms with Crippen LogP contribution in [0.4, 0.5) is 11.8 Å². The van der Waals surface area contributed by atoms with Crippen molar-refractivity contribution in [3.63, 3.8) is 0 Å². The molecule has 3 heterocycles. The van der Waals surface area contributed by atoms with Crippen molar-refractivity contribution >= 4 is 22.8 Å². The Morgan fingerprint density at radius 1 is 1.18 bits per heavy atom. The average Bonchev–Trinajstić information content (AvgIpc) is 3.11. The molecule has 0 saturated carbocycles.